The molecule has 1 fully saturated rings. The Balaban J connectivity index is 1.49. The highest BCUT2D eigenvalue weighted by atomic mass is 35.5. The molecule has 3 aromatic rings. The van der Waals surface area contributed by atoms with Crippen LogP contribution >= 0.6 is 23.2 Å². The molecular weight excluding hydrogens is 413 g/mol. The van der Waals surface area contributed by atoms with Gasteiger partial charge in [-0.3, -0.25) is 14.3 Å². The van der Waals surface area contributed by atoms with Crippen molar-refractivity contribution in [2.75, 3.05) is 18.4 Å². The van der Waals surface area contributed by atoms with Gasteiger partial charge in [0.25, 0.3) is 11.5 Å². The summed E-state index contributed by atoms with van der Waals surface area (Å²) in [5.41, 5.74) is 1.59. The van der Waals surface area contributed by atoms with E-state index in [9.17, 15) is 9.59 Å². The van der Waals surface area contributed by atoms with Gasteiger partial charge in [-0.1, -0.05) is 29.3 Å². The van der Waals surface area contributed by atoms with Crippen LogP contribution in [0.15, 0.2) is 53.7 Å². The minimum absolute atomic E-state index is 0.214. The van der Waals surface area contributed by atoms with Crippen molar-refractivity contribution >= 4 is 34.8 Å². The Bertz CT molecular complexity index is 1100. The highest BCUT2D eigenvalue weighted by Crippen LogP contribution is 2.23. The molecule has 150 valence electrons. The summed E-state index contributed by atoms with van der Waals surface area (Å²) in [6.45, 7) is 2.12. The van der Waals surface area contributed by atoms with Crippen LogP contribution in [0.3, 0.4) is 0 Å². The van der Waals surface area contributed by atoms with E-state index in [2.05, 4.69) is 15.7 Å². The molecular formula is C20H19Cl2N5O2. The number of pyridine rings is 1. The highest BCUT2D eigenvalue weighted by molar-refractivity contribution is 6.42. The first kappa shape index (κ1) is 19.7. The fraction of sp³-hybridized carbons (Fsp3) is 0.250. The molecule has 0 bridgehead atoms. The van der Waals surface area contributed by atoms with Crippen LogP contribution in [-0.2, 0) is 6.54 Å². The zero-order valence-corrected chi connectivity index (χ0v) is 17.0. The number of carbonyl (C=O) groups excluding carboxylic acids is 1. The molecule has 1 atom stereocenters. The maximum atomic E-state index is 12.6. The summed E-state index contributed by atoms with van der Waals surface area (Å²) in [4.78, 5) is 24.9. The minimum atomic E-state index is -0.308. The van der Waals surface area contributed by atoms with Gasteiger partial charge in [-0.25, -0.2) is 0 Å². The Morgan fingerprint density at radius 3 is 2.83 bits per heavy atom. The summed E-state index contributed by atoms with van der Waals surface area (Å²) in [6, 6.07) is 8.36. The number of amides is 1. The Labute approximate surface area is 177 Å². The van der Waals surface area contributed by atoms with Crippen LogP contribution in [0.2, 0.25) is 10.0 Å². The van der Waals surface area contributed by atoms with E-state index in [-0.39, 0.29) is 18.0 Å². The van der Waals surface area contributed by atoms with Gasteiger partial charge in [0.05, 0.1) is 40.1 Å². The standard InChI is InChI=1S/C20H19Cl2N5O2/c21-17-3-1-13(7-18(17)22)10-26-11-14(2-4-19(26)28)20(29)25-15-8-24-27(12-15)16-5-6-23-9-16/h1-4,7-8,11-12,16,23H,5-6,9-10H2,(H,25,29). The molecule has 1 aliphatic heterocycles. The number of benzene rings is 1. The van der Waals surface area contributed by atoms with Gasteiger partial charge in [-0.15, -0.1) is 0 Å². The van der Waals surface area contributed by atoms with Gasteiger partial charge in [0.2, 0.25) is 0 Å². The van der Waals surface area contributed by atoms with E-state index in [1.807, 2.05) is 10.9 Å². The molecule has 1 aliphatic rings. The molecule has 0 saturated carbocycles. The quantitative estimate of drug-likeness (QED) is 0.649. The van der Waals surface area contributed by atoms with Crippen molar-refractivity contribution in [1.29, 1.82) is 0 Å². The molecule has 4 rings (SSSR count). The molecule has 7 nitrogen and oxygen atoms in total. The van der Waals surface area contributed by atoms with Gasteiger partial charge in [-0.2, -0.15) is 5.10 Å². The number of rotatable bonds is 5. The number of nitrogens with zero attached hydrogens (tertiary/aromatic N) is 3. The molecule has 2 aromatic heterocycles. The number of hydrogen-bond donors (Lipinski definition) is 2. The van der Waals surface area contributed by atoms with E-state index in [0.717, 1.165) is 25.1 Å². The van der Waals surface area contributed by atoms with Crippen molar-refractivity contribution in [3.8, 4) is 0 Å². The zero-order valence-electron chi connectivity index (χ0n) is 15.4. The Morgan fingerprint density at radius 2 is 2.07 bits per heavy atom. The van der Waals surface area contributed by atoms with E-state index < -0.39 is 0 Å². The predicted molar refractivity (Wildman–Crippen MR) is 113 cm³/mol. The molecule has 1 saturated heterocycles. The smallest absolute Gasteiger partial charge is 0.257 e. The number of aromatic nitrogens is 3. The van der Waals surface area contributed by atoms with Gasteiger partial charge < -0.3 is 15.2 Å². The van der Waals surface area contributed by atoms with Crippen LogP contribution in [-0.4, -0.2) is 33.3 Å². The third kappa shape index (κ3) is 4.53. The number of anilines is 1. The topological polar surface area (TPSA) is 81.0 Å². The minimum Gasteiger partial charge on any atom is -0.319 e. The van der Waals surface area contributed by atoms with Crippen molar-refractivity contribution in [2.45, 2.75) is 19.0 Å². The summed E-state index contributed by atoms with van der Waals surface area (Å²) in [7, 11) is 0. The SMILES string of the molecule is O=C(Nc1cnn(C2CCNC2)c1)c1ccc(=O)n(Cc2ccc(Cl)c(Cl)c2)c1. The maximum absolute atomic E-state index is 12.6. The summed E-state index contributed by atoms with van der Waals surface area (Å²) in [6.07, 6.45) is 5.99. The van der Waals surface area contributed by atoms with Crippen LogP contribution in [0.1, 0.15) is 28.4 Å². The van der Waals surface area contributed by atoms with Crippen LogP contribution in [0.5, 0.6) is 0 Å². The zero-order chi connectivity index (χ0) is 20.4. The monoisotopic (exact) mass is 431 g/mol. The third-order valence-corrected chi connectivity index (χ3v) is 5.59. The first-order chi connectivity index (χ1) is 14.0. The lowest BCUT2D eigenvalue weighted by molar-refractivity contribution is 0.102. The van der Waals surface area contributed by atoms with Crippen molar-refractivity contribution in [3.63, 3.8) is 0 Å². The number of halogens is 2. The van der Waals surface area contributed by atoms with Crippen LogP contribution in [0.4, 0.5) is 5.69 Å². The van der Waals surface area contributed by atoms with Gasteiger partial charge in [-0.05, 0) is 36.7 Å². The summed E-state index contributed by atoms with van der Waals surface area (Å²) in [5, 5.41) is 11.3. The Hall–Kier alpha value is -2.61. The summed E-state index contributed by atoms with van der Waals surface area (Å²) < 4.78 is 3.32. The van der Waals surface area contributed by atoms with E-state index in [1.165, 1.54) is 22.9 Å². The fourth-order valence-corrected chi connectivity index (χ4v) is 3.62. The number of carbonyl (C=O) groups is 1. The van der Waals surface area contributed by atoms with Crippen molar-refractivity contribution < 1.29 is 4.79 Å². The van der Waals surface area contributed by atoms with Crippen molar-refractivity contribution in [3.05, 3.63) is 80.4 Å². The summed E-state index contributed by atoms with van der Waals surface area (Å²) >= 11 is 12.0. The van der Waals surface area contributed by atoms with Crippen LogP contribution in [0, 0.1) is 0 Å². The molecule has 1 unspecified atom stereocenters. The normalized spacial score (nSPS) is 16.1. The second-order valence-corrected chi connectivity index (χ2v) is 7.76. The van der Waals surface area contributed by atoms with E-state index >= 15 is 0 Å². The average Bonchev–Trinajstić information content (AvgIpc) is 3.38. The van der Waals surface area contributed by atoms with E-state index in [1.54, 1.807) is 24.4 Å². The van der Waals surface area contributed by atoms with Gasteiger partial charge in [0.15, 0.2) is 0 Å². The Morgan fingerprint density at radius 1 is 1.21 bits per heavy atom. The predicted octanol–water partition coefficient (Wildman–Crippen LogP) is 3.19. The largest absolute Gasteiger partial charge is 0.319 e. The molecule has 2 N–H and O–H groups in total. The van der Waals surface area contributed by atoms with Gasteiger partial charge in [0.1, 0.15) is 0 Å². The first-order valence-electron chi connectivity index (χ1n) is 9.20. The lowest BCUT2D eigenvalue weighted by Gasteiger charge is -2.10. The molecule has 29 heavy (non-hydrogen) atoms. The van der Waals surface area contributed by atoms with Crippen LogP contribution in [0.25, 0.3) is 0 Å². The molecule has 3 heterocycles. The molecule has 0 aliphatic carbocycles. The third-order valence-electron chi connectivity index (χ3n) is 4.85. The molecule has 9 heteroatoms. The first-order valence-corrected chi connectivity index (χ1v) is 9.96. The van der Waals surface area contributed by atoms with Gasteiger partial charge in [0, 0.05) is 25.0 Å². The van der Waals surface area contributed by atoms with Gasteiger partial charge >= 0.3 is 0 Å². The number of hydrogen-bond acceptors (Lipinski definition) is 4. The summed E-state index contributed by atoms with van der Waals surface area (Å²) in [5.74, 6) is -0.308. The maximum Gasteiger partial charge on any atom is 0.257 e. The molecule has 1 amide bonds. The lowest BCUT2D eigenvalue weighted by atomic mass is 10.2. The van der Waals surface area contributed by atoms with E-state index in [0.29, 0.717) is 27.3 Å². The lowest BCUT2D eigenvalue weighted by Crippen LogP contribution is -2.22. The van der Waals surface area contributed by atoms with Crippen molar-refractivity contribution in [2.24, 2.45) is 0 Å². The van der Waals surface area contributed by atoms with Crippen LogP contribution < -0.4 is 16.2 Å². The number of nitrogens with one attached hydrogen (secondary N) is 2. The molecule has 1 aromatic carbocycles. The van der Waals surface area contributed by atoms with E-state index in [4.69, 9.17) is 23.2 Å². The highest BCUT2D eigenvalue weighted by Gasteiger charge is 2.18. The second kappa shape index (κ2) is 8.41. The molecule has 0 spiro atoms. The second-order valence-electron chi connectivity index (χ2n) is 6.94. The Kier molecular flexibility index (Phi) is 5.71. The average molecular weight is 432 g/mol. The van der Waals surface area contributed by atoms with Crippen molar-refractivity contribution in [1.82, 2.24) is 19.7 Å². The molecule has 0 radical (unpaired) electrons. The fourth-order valence-electron chi connectivity index (χ4n) is 3.29.